The zero-order valence-electron chi connectivity index (χ0n) is 11.6. The largest absolute Gasteiger partial charge is 0.344 e. The predicted molar refractivity (Wildman–Crippen MR) is 77.8 cm³/mol. The lowest BCUT2D eigenvalue weighted by Gasteiger charge is -2.22. The third kappa shape index (κ3) is 2.64. The van der Waals surface area contributed by atoms with Gasteiger partial charge in [-0.2, -0.15) is 0 Å². The Labute approximate surface area is 117 Å². The average Bonchev–Trinajstić information content (AvgIpc) is 2.71. The van der Waals surface area contributed by atoms with Crippen molar-refractivity contribution in [1.82, 2.24) is 14.9 Å². The second kappa shape index (κ2) is 5.73. The van der Waals surface area contributed by atoms with Crippen LogP contribution < -0.4 is 10.6 Å². The van der Waals surface area contributed by atoms with Gasteiger partial charge in [-0.1, -0.05) is 12.7 Å². The van der Waals surface area contributed by atoms with Crippen molar-refractivity contribution in [2.45, 2.75) is 25.8 Å². The molecule has 1 atom stereocenters. The molecule has 0 saturated carbocycles. The molecule has 6 nitrogen and oxygen atoms in total. The maximum Gasteiger partial charge on any atom is 0.249 e. The van der Waals surface area contributed by atoms with Crippen LogP contribution in [0.2, 0.25) is 0 Å². The number of imidazole rings is 1. The molecule has 0 aliphatic carbocycles. The van der Waals surface area contributed by atoms with E-state index in [0.717, 1.165) is 11.4 Å². The number of nitrogens with one attached hydrogen (secondary N) is 2. The van der Waals surface area contributed by atoms with Gasteiger partial charge in [-0.05, 0) is 25.5 Å². The summed E-state index contributed by atoms with van der Waals surface area (Å²) >= 11 is 0. The Bertz CT molecular complexity index is 586. The lowest BCUT2D eigenvalue weighted by Crippen LogP contribution is -2.47. The van der Waals surface area contributed by atoms with Crippen molar-refractivity contribution in [3.8, 4) is 0 Å². The van der Waals surface area contributed by atoms with Gasteiger partial charge in [0.15, 0.2) is 0 Å². The molecule has 2 rings (SSSR count). The number of anilines is 1. The van der Waals surface area contributed by atoms with Crippen LogP contribution >= 0.6 is 0 Å². The maximum absolute atomic E-state index is 11.7. The molecule has 0 spiro atoms. The van der Waals surface area contributed by atoms with Crippen LogP contribution in [0.15, 0.2) is 12.7 Å². The minimum atomic E-state index is -0.440. The molecule has 1 unspecified atom stereocenters. The Morgan fingerprint density at radius 3 is 2.85 bits per heavy atom. The van der Waals surface area contributed by atoms with Crippen molar-refractivity contribution < 1.29 is 9.59 Å². The van der Waals surface area contributed by atoms with Crippen molar-refractivity contribution >= 4 is 29.9 Å². The summed E-state index contributed by atoms with van der Waals surface area (Å²) < 4.78 is 1.86. The highest BCUT2D eigenvalue weighted by atomic mass is 16.2. The molecule has 106 valence electrons. The van der Waals surface area contributed by atoms with Crippen molar-refractivity contribution in [1.29, 1.82) is 0 Å². The molecule has 1 aliphatic heterocycles. The van der Waals surface area contributed by atoms with Crippen LogP contribution in [0.25, 0.3) is 12.2 Å². The fraction of sp³-hybridized carbons (Fsp3) is 0.357. The quantitative estimate of drug-likeness (QED) is 0.812. The molecule has 20 heavy (non-hydrogen) atoms. The van der Waals surface area contributed by atoms with Crippen LogP contribution in [0.4, 0.5) is 5.95 Å². The van der Waals surface area contributed by atoms with Crippen molar-refractivity contribution in [2.75, 3.05) is 5.32 Å². The first kappa shape index (κ1) is 14.0. The molecule has 1 fully saturated rings. The number of imide groups is 1. The Morgan fingerprint density at radius 2 is 2.25 bits per heavy atom. The minimum Gasteiger partial charge on any atom is -0.344 e. The van der Waals surface area contributed by atoms with Gasteiger partial charge in [-0.15, -0.1) is 0 Å². The van der Waals surface area contributed by atoms with Crippen LogP contribution in [0.1, 0.15) is 31.2 Å². The number of hydrogen-bond donors (Lipinski definition) is 2. The zero-order chi connectivity index (χ0) is 14.7. The number of carbonyl (C=O) groups is 2. The van der Waals surface area contributed by atoms with Gasteiger partial charge in [-0.3, -0.25) is 14.9 Å². The molecule has 0 bridgehead atoms. The highest BCUT2D eigenvalue weighted by molar-refractivity contribution is 6.01. The summed E-state index contributed by atoms with van der Waals surface area (Å²) in [6.07, 6.45) is 6.33. The summed E-state index contributed by atoms with van der Waals surface area (Å²) in [5.74, 6) is 0.0498. The number of hydrogen-bond acceptors (Lipinski definition) is 4. The first-order valence-electron chi connectivity index (χ1n) is 6.49. The molecule has 2 amide bonds. The topological polar surface area (TPSA) is 76.0 Å². The van der Waals surface area contributed by atoms with E-state index in [9.17, 15) is 9.59 Å². The Hall–Kier alpha value is -2.37. The third-order valence-corrected chi connectivity index (χ3v) is 3.23. The number of piperidine rings is 1. The van der Waals surface area contributed by atoms with Crippen LogP contribution in [0.5, 0.6) is 0 Å². The van der Waals surface area contributed by atoms with Crippen LogP contribution in [0.3, 0.4) is 0 Å². The van der Waals surface area contributed by atoms with Crippen LogP contribution in [0, 0.1) is 0 Å². The lowest BCUT2D eigenvalue weighted by atomic mass is 10.1. The molecule has 1 aromatic rings. The van der Waals surface area contributed by atoms with Gasteiger partial charge in [0, 0.05) is 13.5 Å². The number of rotatable bonds is 4. The number of allylic oxidation sites excluding steroid dienone is 1. The first-order chi connectivity index (χ1) is 9.56. The number of carbonyl (C=O) groups excluding carboxylic acids is 2. The molecule has 0 aromatic carbocycles. The normalized spacial score (nSPS) is 19.2. The molecule has 0 radical (unpaired) electrons. The fourth-order valence-electron chi connectivity index (χ4n) is 2.15. The summed E-state index contributed by atoms with van der Waals surface area (Å²) in [5, 5.41) is 5.40. The summed E-state index contributed by atoms with van der Waals surface area (Å²) in [7, 11) is 1.86. The maximum atomic E-state index is 11.7. The summed E-state index contributed by atoms with van der Waals surface area (Å²) in [4.78, 5) is 27.3. The molecule has 1 saturated heterocycles. The van der Waals surface area contributed by atoms with E-state index in [2.05, 4.69) is 22.2 Å². The monoisotopic (exact) mass is 274 g/mol. The minimum absolute atomic E-state index is 0.228. The molecular formula is C14H18N4O2. The van der Waals surface area contributed by atoms with Crippen LogP contribution in [-0.2, 0) is 16.6 Å². The average molecular weight is 274 g/mol. The van der Waals surface area contributed by atoms with Gasteiger partial charge < -0.3 is 9.88 Å². The Morgan fingerprint density at radius 1 is 1.50 bits per heavy atom. The highest BCUT2D eigenvalue weighted by Crippen LogP contribution is 2.19. The lowest BCUT2D eigenvalue weighted by molar-refractivity contribution is -0.133. The standard InChI is InChI=1S/C14H18N4O2/c1-4-6-11-9(5-2)15-14(18(11)3)16-10-7-8-12(19)17-13(10)20/h4-6,10H,2,7-8H2,1,3H3,(H,15,16)(H,17,19,20)/b6-4-. The van der Waals surface area contributed by atoms with Gasteiger partial charge in [0.1, 0.15) is 6.04 Å². The van der Waals surface area contributed by atoms with E-state index in [4.69, 9.17) is 0 Å². The van der Waals surface area contributed by atoms with Gasteiger partial charge in [0.2, 0.25) is 17.8 Å². The van der Waals surface area contributed by atoms with E-state index in [0.29, 0.717) is 18.8 Å². The Kier molecular flexibility index (Phi) is 4.02. The molecular weight excluding hydrogens is 256 g/mol. The number of amides is 2. The predicted octanol–water partition coefficient (Wildman–Crippen LogP) is 1.31. The zero-order valence-corrected chi connectivity index (χ0v) is 11.6. The van der Waals surface area contributed by atoms with E-state index in [1.807, 2.05) is 30.7 Å². The van der Waals surface area contributed by atoms with E-state index in [1.54, 1.807) is 6.08 Å². The molecule has 1 aliphatic rings. The van der Waals surface area contributed by atoms with E-state index >= 15 is 0 Å². The van der Waals surface area contributed by atoms with Crippen LogP contribution in [-0.4, -0.2) is 27.4 Å². The Balaban J connectivity index is 2.23. The van der Waals surface area contributed by atoms with Crippen molar-refractivity contribution in [3.63, 3.8) is 0 Å². The summed E-state index contributed by atoms with van der Waals surface area (Å²) in [6.45, 7) is 5.66. The van der Waals surface area contributed by atoms with Crippen molar-refractivity contribution in [2.24, 2.45) is 7.05 Å². The SMILES string of the molecule is C=Cc1nc(NC2CCC(=O)NC2=O)n(C)c1/C=C\C. The second-order valence-corrected chi connectivity index (χ2v) is 4.62. The molecule has 2 heterocycles. The van der Waals surface area contributed by atoms with E-state index in [1.165, 1.54) is 0 Å². The highest BCUT2D eigenvalue weighted by Gasteiger charge is 2.27. The van der Waals surface area contributed by atoms with E-state index in [-0.39, 0.29) is 11.8 Å². The third-order valence-electron chi connectivity index (χ3n) is 3.23. The number of nitrogens with zero attached hydrogens (tertiary/aromatic N) is 2. The fourth-order valence-corrected chi connectivity index (χ4v) is 2.15. The smallest absolute Gasteiger partial charge is 0.249 e. The van der Waals surface area contributed by atoms with Gasteiger partial charge in [0.25, 0.3) is 0 Å². The second-order valence-electron chi connectivity index (χ2n) is 4.62. The molecule has 6 heteroatoms. The first-order valence-corrected chi connectivity index (χ1v) is 6.49. The van der Waals surface area contributed by atoms with E-state index < -0.39 is 6.04 Å². The van der Waals surface area contributed by atoms with Crippen molar-refractivity contribution in [3.05, 3.63) is 24.0 Å². The van der Waals surface area contributed by atoms with Gasteiger partial charge >= 0.3 is 0 Å². The molecule has 2 N–H and O–H groups in total. The molecule has 1 aromatic heterocycles. The summed E-state index contributed by atoms with van der Waals surface area (Å²) in [5.41, 5.74) is 1.66. The van der Waals surface area contributed by atoms with Gasteiger partial charge in [-0.25, -0.2) is 4.98 Å². The van der Waals surface area contributed by atoms with Gasteiger partial charge in [0.05, 0.1) is 11.4 Å². The number of aromatic nitrogens is 2. The summed E-state index contributed by atoms with van der Waals surface area (Å²) in [6, 6.07) is -0.440.